The van der Waals surface area contributed by atoms with Crippen LogP contribution in [-0.4, -0.2) is 61.0 Å². The molecule has 0 aliphatic heterocycles. The van der Waals surface area contributed by atoms with E-state index in [0.717, 1.165) is 64.2 Å². The molecule has 0 fully saturated rings. The summed E-state index contributed by atoms with van der Waals surface area (Å²) in [7, 11) is 0. The van der Waals surface area contributed by atoms with Crippen LogP contribution in [0.15, 0.2) is 72.8 Å². The second-order valence-electron chi connectivity index (χ2n) is 17.5. The number of allylic oxidation sites excluding steroid dienone is 4. The molecular weight excluding hydrogens is 967 g/mol. The predicted molar refractivity (Wildman–Crippen MR) is 287 cm³/mol. The molecule has 0 N–H and O–H groups in total. The van der Waals surface area contributed by atoms with Gasteiger partial charge in [0.25, 0.3) is 0 Å². The number of carboxylic acids is 2. The van der Waals surface area contributed by atoms with Gasteiger partial charge in [-0.2, -0.15) is 0 Å². The van der Waals surface area contributed by atoms with Crippen LogP contribution in [0.25, 0.3) is 0 Å². The van der Waals surface area contributed by atoms with Crippen LogP contribution < -0.4 is 10.2 Å². The van der Waals surface area contributed by atoms with Gasteiger partial charge < -0.3 is 29.3 Å². The quantitative estimate of drug-likeness (QED) is 0.0281. The van der Waals surface area contributed by atoms with Gasteiger partial charge in [-0.15, -0.1) is 0 Å². The SMILES string of the molecule is CCCCC/C=C/CCCCCCCOC(=O)c1ccccc1C(=O)[O-].CCCCC/C=C/CCCCCCCOC(=O)c1ccccc1C(=O)[O-].[CH2]CCCCCCC.[CH2]CCCCCCC.[Sn+2]. The number of esters is 2. The zero-order valence-corrected chi connectivity index (χ0v) is 47.0. The number of carboxylic acid groups (broad SMARTS) is 2. The molecule has 388 valence electrons. The topological polar surface area (TPSA) is 133 Å². The zero-order valence-electron chi connectivity index (χ0n) is 44.2. The average Bonchev–Trinajstić information content (AvgIpc) is 3.35. The maximum Gasteiger partial charge on any atom is 2.00 e. The minimum Gasteiger partial charge on any atom is -0.545 e. The second kappa shape index (κ2) is 55.5. The van der Waals surface area contributed by atoms with E-state index in [1.807, 2.05) is 0 Å². The molecule has 0 unspecified atom stereocenters. The van der Waals surface area contributed by atoms with Crippen LogP contribution in [0, 0.1) is 13.8 Å². The van der Waals surface area contributed by atoms with Gasteiger partial charge in [-0.1, -0.05) is 244 Å². The summed E-state index contributed by atoms with van der Waals surface area (Å²) in [5.41, 5.74) is -0.142. The van der Waals surface area contributed by atoms with E-state index in [1.54, 1.807) is 24.3 Å². The van der Waals surface area contributed by atoms with Crippen molar-refractivity contribution in [3.05, 3.63) is 109 Å². The Balaban J connectivity index is -0.000000950. The second-order valence-corrected chi connectivity index (χ2v) is 17.5. The number of benzene rings is 2. The van der Waals surface area contributed by atoms with Gasteiger partial charge >= 0.3 is 35.8 Å². The van der Waals surface area contributed by atoms with Gasteiger partial charge in [-0.05, 0) is 76.3 Å². The molecule has 2 rings (SSSR count). The van der Waals surface area contributed by atoms with Crippen molar-refractivity contribution in [2.75, 3.05) is 13.2 Å². The Kier molecular flexibility index (Phi) is 56.2. The standard InChI is InChI=1S/2C22H32O4.2C8H17.Sn/c2*1-2-3-4-5-6-7-8-9-10-11-12-15-18-26-22(25)20-17-14-13-16-19(20)21(23)24;2*1-3-5-7-8-6-4-2;/h2*6-7,13-14,16-17H,2-5,8-12,15,18H2,1H3,(H,23,24);2*1,3-8H2,2H3;/q;;;;+2/p-2/b2*7-6+;;;. The van der Waals surface area contributed by atoms with E-state index in [-0.39, 0.29) is 46.2 Å². The summed E-state index contributed by atoms with van der Waals surface area (Å²) in [5, 5.41) is 22.0. The summed E-state index contributed by atoms with van der Waals surface area (Å²) in [6.45, 7) is 17.1. The third-order valence-corrected chi connectivity index (χ3v) is 11.2. The molecule has 0 aliphatic carbocycles. The maximum absolute atomic E-state index is 12.0. The molecule has 0 saturated carbocycles. The minimum absolute atomic E-state index is 0. The molecule has 0 spiro atoms. The van der Waals surface area contributed by atoms with Crippen LogP contribution in [0.2, 0.25) is 0 Å². The first-order valence-corrected chi connectivity index (χ1v) is 27.0. The third-order valence-electron chi connectivity index (χ3n) is 11.2. The van der Waals surface area contributed by atoms with Crippen LogP contribution in [0.3, 0.4) is 0 Å². The van der Waals surface area contributed by atoms with Gasteiger partial charge in [0.15, 0.2) is 0 Å². The number of carbonyl (C=O) groups excluding carboxylic acids is 4. The average molecular weight is 1060 g/mol. The van der Waals surface area contributed by atoms with Gasteiger partial charge in [-0.25, -0.2) is 9.59 Å². The van der Waals surface area contributed by atoms with E-state index in [2.05, 4.69) is 65.8 Å². The molecule has 8 nitrogen and oxygen atoms in total. The van der Waals surface area contributed by atoms with Crippen LogP contribution >= 0.6 is 0 Å². The number of hydrogen-bond acceptors (Lipinski definition) is 8. The number of aromatic carboxylic acids is 2. The fraction of sp³-hybridized carbons (Fsp3) is 0.633. The molecule has 0 amide bonds. The van der Waals surface area contributed by atoms with Crippen molar-refractivity contribution >= 4 is 47.8 Å². The molecule has 0 heterocycles. The Morgan fingerprint density at radius 1 is 0.391 bits per heavy atom. The Labute approximate surface area is 439 Å². The number of unbranched alkanes of at least 4 members (excludes halogenated alkanes) is 26. The molecule has 0 aromatic heterocycles. The van der Waals surface area contributed by atoms with E-state index < -0.39 is 23.9 Å². The third kappa shape index (κ3) is 45.5. The van der Waals surface area contributed by atoms with Crippen LogP contribution in [0.1, 0.15) is 275 Å². The molecule has 0 atom stereocenters. The summed E-state index contributed by atoms with van der Waals surface area (Å²) in [4.78, 5) is 45.9. The van der Waals surface area contributed by atoms with Crippen LogP contribution in [0.5, 0.6) is 0 Å². The van der Waals surface area contributed by atoms with E-state index in [4.69, 9.17) is 9.47 Å². The summed E-state index contributed by atoms with van der Waals surface area (Å²) >= 11 is 0. The Morgan fingerprint density at radius 2 is 0.638 bits per heavy atom. The van der Waals surface area contributed by atoms with Crippen molar-refractivity contribution in [1.82, 2.24) is 0 Å². The number of rotatable bonds is 38. The zero-order chi connectivity index (χ0) is 50.6. The minimum atomic E-state index is -1.36. The number of carbonyl (C=O) groups is 4. The molecule has 69 heavy (non-hydrogen) atoms. The summed E-state index contributed by atoms with van der Waals surface area (Å²) in [5.74, 6) is -3.93. The summed E-state index contributed by atoms with van der Waals surface area (Å²) in [6, 6.07) is 11.9. The normalized spacial score (nSPS) is 10.5. The predicted octanol–water partition coefficient (Wildman–Crippen LogP) is 15.3. The van der Waals surface area contributed by atoms with Crippen molar-refractivity contribution in [3.63, 3.8) is 0 Å². The largest absolute Gasteiger partial charge is 2.00 e. The van der Waals surface area contributed by atoms with Crippen molar-refractivity contribution < 1.29 is 38.9 Å². The molecule has 0 saturated heterocycles. The van der Waals surface area contributed by atoms with Crippen molar-refractivity contribution in [2.45, 2.75) is 233 Å². The fourth-order valence-corrected chi connectivity index (χ4v) is 7.01. The Morgan fingerprint density at radius 3 is 0.942 bits per heavy atom. The smallest absolute Gasteiger partial charge is 0.545 e. The van der Waals surface area contributed by atoms with Gasteiger partial charge in [-0.3, -0.25) is 0 Å². The van der Waals surface area contributed by atoms with Crippen molar-refractivity contribution in [2.24, 2.45) is 0 Å². The first-order chi connectivity index (χ1) is 33.2. The molecule has 2 aromatic carbocycles. The Hall–Kier alpha value is -3.40. The molecule has 2 aromatic rings. The van der Waals surface area contributed by atoms with Crippen LogP contribution in [-0.2, 0) is 9.47 Å². The monoisotopic (exact) mass is 1060 g/mol. The summed E-state index contributed by atoms with van der Waals surface area (Å²) < 4.78 is 10.3. The number of ether oxygens (including phenoxy) is 2. The van der Waals surface area contributed by atoms with Gasteiger partial charge in [0.1, 0.15) is 0 Å². The van der Waals surface area contributed by atoms with Crippen LogP contribution in [0.4, 0.5) is 0 Å². The van der Waals surface area contributed by atoms with Gasteiger partial charge in [0.2, 0.25) is 0 Å². The molecule has 0 aliphatic rings. The molecule has 4 radical (unpaired) electrons. The van der Waals surface area contributed by atoms with Crippen molar-refractivity contribution in [1.29, 1.82) is 0 Å². The van der Waals surface area contributed by atoms with E-state index in [1.165, 1.54) is 166 Å². The molecular formula is C60H96O8Sn. The maximum atomic E-state index is 12.0. The fourth-order valence-electron chi connectivity index (χ4n) is 7.01. The van der Waals surface area contributed by atoms with E-state index in [0.29, 0.717) is 13.2 Å². The molecule has 0 bridgehead atoms. The van der Waals surface area contributed by atoms with Gasteiger partial charge in [0.05, 0.1) is 36.3 Å². The molecule has 9 heteroatoms. The first-order valence-electron chi connectivity index (χ1n) is 27.0. The Bertz CT molecular complexity index is 1410. The first kappa shape index (κ1) is 69.9. The van der Waals surface area contributed by atoms with Crippen molar-refractivity contribution in [3.8, 4) is 0 Å². The number of hydrogen-bond donors (Lipinski definition) is 0. The summed E-state index contributed by atoms with van der Waals surface area (Å²) in [6.07, 6.45) is 48.1. The van der Waals surface area contributed by atoms with Gasteiger partial charge in [0, 0.05) is 11.1 Å². The van der Waals surface area contributed by atoms with E-state index >= 15 is 0 Å². The van der Waals surface area contributed by atoms with E-state index in [9.17, 15) is 29.4 Å².